The van der Waals surface area contributed by atoms with Gasteiger partial charge in [-0.2, -0.15) is 0 Å². The van der Waals surface area contributed by atoms with Crippen molar-refractivity contribution in [1.29, 1.82) is 0 Å². The van der Waals surface area contributed by atoms with Crippen LogP contribution in [0.25, 0.3) is 0 Å². The standard InChI is InChI=1S/C17H16N2O/c1-13(15-8-10-16(18)11-9-15)19-17(20)12-7-14-5-3-2-4-6-14/h2-6,8-11,13H,18H2,1H3,(H,19,20). The van der Waals surface area contributed by atoms with Crippen molar-refractivity contribution in [2.45, 2.75) is 13.0 Å². The number of amides is 1. The number of carbonyl (C=O) groups excluding carboxylic acids is 1. The molecule has 0 aliphatic carbocycles. The molecule has 0 heterocycles. The molecule has 0 radical (unpaired) electrons. The van der Waals surface area contributed by atoms with Crippen molar-refractivity contribution in [2.75, 3.05) is 5.73 Å². The molecule has 2 aromatic rings. The Kier molecular flexibility index (Phi) is 4.41. The largest absolute Gasteiger partial charge is 0.399 e. The average molecular weight is 264 g/mol. The first-order chi connectivity index (χ1) is 9.65. The average Bonchev–Trinajstić information content (AvgIpc) is 2.47. The molecule has 1 unspecified atom stereocenters. The van der Waals surface area contributed by atoms with Crippen LogP contribution in [0.5, 0.6) is 0 Å². The molecule has 3 N–H and O–H groups in total. The molecule has 100 valence electrons. The number of anilines is 1. The smallest absolute Gasteiger partial charge is 0.296 e. The molecule has 1 atom stereocenters. The third-order valence-electron chi connectivity index (χ3n) is 2.88. The molecular formula is C17H16N2O. The van der Waals surface area contributed by atoms with Gasteiger partial charge in [0.1, 0.15) is 0 Å². The van der Waals surface area contributed by atoms with Crippen molar-refractivity contribution in [1.82, 2.24) is 5.32 Å². The first-order valence-electron chi connectivity index (χ1n) is 6.38. The fourth-order valence-electron chi connectivity index (χ4n) is 1.75. The van der Waals surface area contributed by atoms with Gasteiger partial charge in [-0.25, -0.2) is 0 Å². The Morgan fingerprint density at radius 2 is 1.75 bits per heavy atom. The number of nitrogen functional groups attached to an aromatic ring is 1. The van der Waals surface area contributed by atoms with Crippen molar-refractivity contribution in [3.8, 4) is 11.8 Å². The van der Waals surface area contributed by atoms with Crippen molar-refractivity contribution >= 4 is 11.6 Å². The van der Waals surface area contributed by atoms with Gasteiger partial charge in [0, 0.05) is 17.2 Å². The van der Waals surface area contributed by atoms with E-state index in [1.165, 1.54) is 0 Å². The first kappa shape index (κ1) is 13.7. The summed E-state index contributed by atoms with van der Waals surface area (Å²) in [5.74, 6) is 5.12. The highest BCUT2D eigenvalue weighted by molar-refractivity contribution is 5.94. The van der Waals surface area contributed by atoms with Crippen molar-refractivity contribution in [3.05, 3.63) is 65.7 Å². The van der Waals surface area contributed by atoms with Crippen molar-refractivity contribution in [2.24, 2.45) is 0 Å². The number of carbonyl (C=O) groups is 1. The second-order valence-corrected chi connectivity index (χ2v) is 4.48. The molecule has 1 amide bonds. The van der Waals surface area contributed by atoms with Crippen LogP contribution in [0, 0.1) is 11.8 Å². The van der Waals surface area contributed by atoms with E-state index >= 15 is 0 Å². The molecule has 3 nitrogen and oxygen atoms in total. The van der Waals surface area contributed by atoms with Gasteiger partial charge in [0.05, 0.1) is 6.04 Å². The van der Waals surface area contributed by atoms with E-state index in [0.717, 1.165) is 11.1 Å². The summed E-state index contributed by atoms with van der Waals surface area (Å²) in [6.45, 7) is 1.91. The molecule has 0 fully saturated rings. The first-order valence-corrected chi connectivity index (χ1v) is 6.38. The van der Waals surface area contributed by atoms with Crippen molar-refractivity contribution < 1.29 is 4.79 Å². The van der Waals surface area contributed by atoms with Crippen LogP contribution >= 0.6 is 0 Å². The molecule has 0 saturated heterocycles. The van der Waals surface area contributed by atoms with E-state index in [0.29, 0.717) is 5.69 Å². The predicted octanol–water partition coefficient (Wildman–Crippen LogP) is 2.50. The molecule has 0 aromatic heterocycles. The van der Waals surface area contributed by atoms with E-state index in [-0.39, 0.29) is 11.9 Å². The second kappa shape index (κ2) is 6.44. The van der Waals surface area contributed by atoms with Gasteiger partial charge in [-0.1, -0.05) is 36.3 Å². The highest BCUT2D eigenvalue weighted by atomic mass is 16.1. The van der Waals surface area contributed by atoms with Crippen LogP contribution in [0.3, 0.4) is 0 Å². The van der Waals surface area contributed by atoms with Gasteiger partial charge in [-0.3, -0.25) is 4.79 Å². The van der Waals surface area contributed by atoms with Gasteiger partial charge in [0.15, 0.2) is 0 Å². The molecule has 3 heteroatoms. The summed E-state index contributed by atoms with van der Waals surface area (Å²) in [5.41, 5.74) is 8.15. The summed E-state index contributed by atoms with van der Waals surface area (Å²) in [6, 6.07) is 16.7. The van der Waals surface area contributed by atoms with E-state index in [1.807, 2.05) is 61.5 Å². The van der Waals surface area contributed by atoms with E-state index in [4.69, 9.17) is 5.73 Å². The molecule has 2 aromatic carbocycles. The van der Waals surface area contributed by atoms with Crippen LogP contribution in [0.15, 0.2) is 54.6 Å². The molecule has 0 saturated carbocycles. The SMILES string of the molecule is CC(NC(=O)C#Cc1ccccc1)c1ccc(N)cc1. The molecule has 2 rings (SSSR count). The summed E-state index contributed by atoms with van der Waals surface area (Å²) in [5, 5.41) is 2.83. The Morgan fingerprint density at radius 3 is 2.40 bits per heavy atom. The van der Waals surface area contributed by atoms with Crippen LogP contribution in [0.2, 0.25) is 0 Å². The van der Waals surface area contributed by atoms with Gasteiger partial charge in [0.25, 0.3) is 5.91 Å². The molecule has 0 aliphatic rings. The second-order valence-electron chi connectivity index (χ2n) is 4.48. The van der Waals surface area contributed by atoms with E-state index in [9.17, 15) is 4.79 Å². The molecular weight excluding hydrogens is 248 g/mol. The topological polar surface area (TPSA) is 55.1 Å². The maximum Gasteiger partial charge on any atom is 0.296 e. The third kappa shape index (κ3) is 3.89. The van der Waals surface area contributed by atoms with Crippen molar-refractivity contribution in [3.63, 3.8) is 0 Å². The lowest BCUT2D eigenvalue weighted by atomic mass is 10.1. The lowest BCUT2D eigenvalue weighted by molar-refractivity contribution is -0.116. The molecule has 0 bridgehead atoms. The van der Waals surface area contributed by atoms with Gasteiger partial charge in [0.2, 0.25) is 0 Å². The molecule has 20 heavy (non-hydrogen) atoms. The van der Waals surface area contributed by atoms with Crippen LogP contribution in [-0.2, 0) is 4.79 Å². The predicted molar refractivity (Wildman–Crippen MR) is 80.7 cm³/mol. The number of rotatable bonds is 2. The van der Waals surface area contributed by atoms with E-state index in [1.54, 1.807) is 0 Å². The number of benzene rings is 2. The van der Waals surface area contributed by atoms with Crippen LogP contribution in [0.4, 0.5) is 5.69 Å². The zero-order chi connectivity index (χ0) is 14.4. The van der Waals surface area contributed by atoms with E-state index in [2.05, 4.69) is 17.2 Å². The maximum atomic E-state index is 11.8. The Balaban J connectivity index is 1.98. The highest BCUT2D eigenvalue weighted by Gasteiger charge is 2.07. The zero-order valence-corrected chi connectivity index (χ0v) is 11.3. The van der Waals surface area contributed by atoms with Crippen LogP contribution in [0.1, 0.15) is 24.1 Å². The Morgan fingerprint density at radius 1 is 1.10 bits per heavy atom. The summed E-state index contributed by atoms with van der Waals surface area (Å²) in [7, 11) is 0. The van der Waals surface area contributed by atoms with Gasteiger partial charge in [-0.15, -0.1) is 0 Å². The number of hydrogen-bond donors (Lipinski definition) is 2. The maximum absolute atomic E-state index is 11.8. The number of hydrogen-bond acceptors (Lipinski definition) is 2. The Hall–Kier alpha value is -2.73. The third-order valence-corrected chi connectivity index (χ3v) is 2.88. The minimum absolute atomic E-state index is 0.104. The normalized spacial score (nSPS) is 11.1. The highest BCUT2D eigenvalue weighted by Crippen LogP contribution is 2.13. The molecule has 0 spiro atoms. The summed E-state index contributed by atoms with van der Waals surface area (Å²) >= 11 is 0. The fourth-order valence-corrected chi connectivity index (χ4v) is 1.75. The Labute approximate surface area is 118 Å². The van der Waals surface area contributed by atoms with Gasteiger partial charge >= 0.3 is 0 Å². The van der Waals surface area contributed by atoms with Crippen LogP contribution < -0.4 is 11.1 Å². The van der Waals surface area contributed by atoms with Gasteiger partial charge < -0.3 is 11.1 Å². The minimum Gasteiger partial charge on any atom is -0.399 e. The van der Waals surface area contributed by atoms with Gasteiger partial charge in [-0.05, 0) is 36.8 Å². The summed E-state index contributed by atoms with van der Waals surface area (Å²) in [4.78, 5) is 11.8. The molecule has 0 aliphatic heterocycles. The quantitative estimate of drug-likeness (QED) is 0.647. The Bertz CT molecular complexity index is 636. The zero-order valence-electron chi connectivity index (χ0n) is 11.3. The minimum atomic E-state index is -0.293. The van der Waals surface area contributed by atoms with E-state index < -0.39 is 0 Å². The lowest BCUT2D eigenvalue weighted by Crippen LogP contribution is -2.25. The number of nitrogens with one attached hydrogen (secondary N) is 1. The number of nitrogens with two attached hydrogens (primary N) is 1. The van der Waals surface area contributed by atoms with Crippen LogP contribution in [-0.4, -0.2) is 5.91 Å². The fraction of sp³-hybridized carbons (Fsp3) is 0.118. The lowest BCUT2D eigenvalue weighted by Gasteiger charge is -2.12. The monoisotopic (exact) mass is 264 g/mol. The summed E-state index contributed by atoms with van der Waals surface area (Å²) < 4.78 is 0. The summed E-state index contributed by atoms with van der Waals surface area (Å²) in [6.07, 6.45) is 0.